The standard InChI is InChI=1S/C24H23N3O5S/c28-22(17-32-20-11-5-2-6-12-20)26-27-24(33)25-23(29)18-8-7-13-21(16-18)31-15-14-30-19-9-3-1-4-10-19/h1-13,16H,14-15,17H2,(H,26,28)(H2,25,27,29,33). The van der Waals surface area contributed by atoms with E-state index in [1.165, 1.54) is 0 Å². The molecule has 3 aromatic carbocycles. The number of carbonyl (C=O) groups is 2. The first-order chi connectivity index (χ1) is 16.1. The summed E-state index contributed by atoms with van der Waals surface area (Å²) in [5.74, 6) is 0.938. The maximum atomic E-state index is 12.4. The van der Waals surface area contributed by atoms with Gasteiger partial charge < -0.3 is 14.2 Å². The van der Waals surface area contributed by atoms with E-state index in [0.29, 0.717) is 30.3 Å². The number of rotatable bonds is 9. The third kappa shape index (κ3) is 8.50. The van der Waals surface area contributed by atoms with Crippen molar-refractivity contribution in [2.75, 3.05) is 19.8 Å². The molecular formula is C24H23N3O5S. The van der Waals surface area contributed by atoms with Crippen LogP contribution in [0.2, 0.25) is 0 Å². The molecule has 9 heteroatoms. The summed E-state index contributed by atoms with van der Waals surface area (Å²) in [6.07, 6.45) is 0. The number of hydrazine groups is 1. The fourth-order valence-electron chi connectivity index (χ4n) is 2.60. The van der Waals surface area contributed by atoms with E-state index < -0.39 is 11.8 Å². The molecule has 3 rings (SSSR count). The fraction of sp³-hybridized carbons (Fsp3) is 0.125. The van der Waals surface area contributed by atoms with Crippen molar-refractivity contribution in [3.8, 4) is 17.2 Å². The Morgan fingerprint density at radius 1 is 0.697 bits per heavy atom. The number of para-hydroxylation sites is 2. The minimum absolute atomic E-state index is 0.0596. The molecule has 2 amide bonds. The SMILES string of the molecule is O=C(COc1ccccc1)NNC(=S)NC(=O)c1cccc(OCCOc2ccccc2)c1. The first-order valence-electron chi connectivity index (χ1n) is 10.1. The molecule has 0 spiro atoms. The molecule has 3 aromatic rings. The predicted octanol–water partition coefficient (Wildman–Crippen LogP) is 2.86. The molecule has 0 fully saturated rings. The Hall–Kier alpha value is -4.11. The van der Waals surface area contributed by atoms with Crippen molar-refractivity contribution in [3.05, 3.63) is 90.5 Å². The highest BCUT2D eigenvalue weighted by Gasteiger charge is 2.10. The lowest BCUT2D eigenvalue weighted by atomic mass is 10.2. The lowest BCUT2D eigenvalue weighted by Crippen LogP contribution is -2.49. The Balaban J connectivity index is 1.37. The minimum atomic E-state index is -0.455. The summed E-state index contributed by atoms with van der Waals surface area (Å²) in [5, 5.41) is 2.43. The van der Waals surface area contributed by atoms with Crippen molar-refractivity contribution in [1.82, 2.24) is 16.2 Å². The molecule has 0 bridgehead atoms. The van der Waals surface area contributed by atoms with E-state index in [0.717, 1.165) is 5.75 Å². The summed E-state index contributed by atoms with van der Waals surface area (Å²) in [5.41, 5.74) is 5.17. The summed E-state index contributed by atoms with van der Waals surface area (Å²) in [4.78, 5) is 24.3. The number of nitrogens with one attached hydrogen (secondary N) is 3. The lowest BCUT2D eigenvalue weighted by Gasteiger charge is -2.12. The van der Waals surface area contributed by atoms with Crippen LogP contribution in [-0.2, 0) is 4.79 Å². The molecule has 0 heterocycles. The molecular weight excluding hydrogens is 442 g/mol. The summed E-state index contributed by atoms with van der Waals surface area (Å²) < 4.78 is 16.5. The van der Waals surface area contributed by atoms with Gasteiger partial charge in [0, 0.05) is 5.56 Å². The molecule has 8 nitrogen and oxygen atoms in total. The van der Waals surface area contributed by atoms with Gasteiger partial charge in [-0.3, -0.25) is 25.8 Å². The zero-order valence-electron chi connectivity index (χ0n) is 17.7. The molecule has 170 valence electrons. The molecule has 0 aliphatic heterocycles. The van der Waals surface area contributed by atoms with Crippen molar-refractivity contribution in [1.29, 1.82) is 0 Å². The Bertz CT molecular complexity index is 1060. The summed E-state index contributed by atoms with van der Waals surface area (Å²) in [7, 11) is 0. The Labute approximate surface area is 196 Å². The molecule has 0 saturated carbocycles. The van der Waals surface area contributed by atoms with Crippen LogP contribution >= 0.6 is 12.2 Å². The zero-order chi connectivity index (χ0) is 23.3. The van der Waals surface area contributed by atoms with Gasteiger partial charge in [-0.15, -0.1) is 0 Å². The fourth-order valence-corrected chi connectivity index (χ4v) is 2.74. The largest absolute Gasteiger partial charge is 0.490 e. The highest BCUT2D eigenvalue weighted by atomic mass is 32.1. The van der Waals surface area contributed by atoms with E-state index in [2.05, 4.69) is 16.2 Å². The average Bonchev–Trinajstić information content (AvgIpc) is 2.85. The Morgan fingerprint density at radius 3 is 1.94 bits per heavy atom. The monoisotopic (exact) mass is 465 g/mol. The van der Waals surface area contributed by atoms with Crippen LogP contribution in [0.15, 0.2) is 84.9 Å². The topological polar surface area (TPSA) is 97.9 Å². The summed E-state index contributed by atoms with van der Waals surface area (Å²) in [6.45, 7) is 0.472. The second-order valence-electron chi connectivity index (χ2n) is 6.60. The number of hydrogen-bond donors (Lipinski definition) is 3. The van der Waals surface area contributed by atoms with Crippen LogP contribution < -0.4 is 30.4 Å². The molecule has 0 atom stereocenters. The molecule has 3 N–H and O–H groups in total. The van der Waals surface area contributed by atoms with Gasteiger partial charge in [-0.1, -0.05) is 42.5 Å². The molecule has 0 unspecified atom stereocenters. The molecule has 0 saturated heterocycles. The highest BCUT2D eigenvalue weighted by molar-refractivity contribution is 7.80. The van der Waals surface area contributed by atoms with Crippen molar-refractivity contribution >= 4 is 29.1 Å². The van der Waals surface area contributed by atoms with Crippen molar-refractivity contribution in [2.24, 2.45) is 0 Å². The van der Waals surface area contributed by atoms with Gasteiger partial charge in [0.25, 0.3) is 11.8 Å². The minimum Gasteiger partial charge on any atom is -0.490 e. The van der Waals surface area contributed by atoms with Crippen LogP contribution in [0.3, 0.4) is 0 Å². The van der Waals surface area contributed by atoms with Crippen LogP contribution in [0.4, 0.5) is 0 Å². The van der Waals surface area contributed by atoms with E-state index in [1.807, 2.05) is 36.4 Å². The molecule has 0 aliphatic carbocycles. The molecule has 0 radical (unpaired) electrons. The number of thiocarbonyl (C=S) groups is 1. The van der Waals surface area contributed by atoms with Gasteiger partial charge in [0.05, 0.1) is 0 Å². The van der Waals surface area contributed by atoms with Crippen LogP contribution in [0, 0.1) is 0 Å². The summed E-state index contributed by atoms with van der Waals surface area (Å²) >= 11 is 5.04. The van der Waals surface area contributed by atoms with Crippen LogP contribution in [0.25, 0.3) is 0 Å². The lowest BCUT2D eigenvalue weighted by molar-refractivity contribution is -0.123. The zero-order valence-corrected chi connectivity index (χ0v) is 18.5. The van der Waals surface area contributed by atoms with E-state index in [1.54, 1.807) is 48.5 Å². The second kappa shape index (κ2) is 12.7. The Morgan fingerprint density at radius 2 is 1.27 bits per heavy atom. The van der Waals surface area contributed by atoms with Crippen LogP contribution in [0.1, 0.15) is 10.4 Å². The molecule has 33 heavy (non-hydrogen) atoms. The van der Waals surface area contributed by atoms with E-state index >= 15 is 0 Å². The van der Waals surface area contributed by atoms with Gasteiger partial charge >= 0.3 is 0 Å². The quantitative estimate of drug-likeness (QED) is 0.254. The van der Waals surface area contributed by atoms with Gasteiger partial charge in [-0.05, 0) is 54.7 Å². The average molecular weight is 466 g/mol. The van der Waals surface area contributed by atoms with Gasteiger partial charge in [0.15, 0.2) is 11.7 Å². The van der Waals surface area contributed by atoms with Crippen molar-refractivity contribution in [2.45, 2.75) is 0 Å². The number of ether oxygens (including phenoxy) is 3. The van der Waals surface area contributed by atoms with Gasteiger partial charge in [0.2, 0.25) is 0 Å². The number of carbonyl (C=O) groups excluding carboxylic acids is 2. The van der Waals surface area contributed by atoms with E-state index in [-0.39, 0.29) is 11.7 Å². The smallest absolute Gasteiger partial charge is 0.276 e. The van der Waals surface area contributed by atoms with E-state index in [4.69, 9.17) is 26.4 Å². The number of hydrogen-bond acceptors (Lipinski definition) is 6. The van der Waals surface area contributed by atoms with Crippen molar-refractivity contribution in [3.63, 3.8) is 0 Å². The molecule has 0 aromatic heterocycles. The van der Waals surface area contributed by atoms with Crippen LogP contribution in [-0.4, -0.2) is 36.7 Å². The second-order valence-corrected chi connectivity index (χ2v) is 7.00. The predicted molar refractivity (Wildman–Crippen MR) is 127 cm³/mol. The Kier molecular flexibility index (Phi) is 9.04. The maximum absolute atomic E-state index is 12.4. The third-order valence-corrected chi connectivity index (χ3v) is 4.32. The van der Waals surface area contributed by atoms with Crippen molar-refractivity contribution < 1.29 is 23.8 Å². The normalized spacial score (nSPS) is 9.94. The van der Waals surface area contributed by atoms with E-state index in [9.17, 15) is 9.59 Å². The van der Waals surface area contributed by atoms with Gasteiger partial charge in [-0.25, -0.2) is 0 Å². The van der Waals surface area contributed by atoms with Gasteiger partial charge in [0.1, 0.15) is 30.5 Å². The first kappa shape index (κ1) is 23.6. The van der Waals surface area contributed by atoms with Gasteiger partial charge in [-0.2, -0.15) is 0 Å². The highest BCUT2D eigenvalue weighted by Crippen LogP contribution is 2.14. The molecule has 0 aliphatic rings. The summed E-state index contributed by atoms with van der Waals surface area (Å²) in [6, 6.07) is 25.0. The van der Waals surface area contributed by atoms with Crippen LogP contribution in [0.5, 0.6) is 17.2 Å². The number of benzene rings is 3. The maximum Gasteiger partial charge on any atom is 0.276 e. The number of amides is 2. The first-order valence-corrected chi connectivity index (χ1v) is 10.5. The third-order valence-electron chi connectivity index (χ3n) is 4.12.